The predicted molar refractivity (Wildman–Crippen MR) is 74.8 cm³/mol. The molecule has 2 rings (SSSR count). The van der Waals surface area contributed by atoms with Crippen LogP contribution in [0, 0.1) is 0 Å². The summed E-state index contributed by atoms with van der Waals surface area (Å²) in [6, 6.07) is 5.32. The maximum atomic E-state index is 12.0. The first kappa shape index (κ1) is 15.0. The summed E-state index contributed by atoms with van der Waals surface area (Å²) < 4.78 is 4.76. The topological polar surface area (TPSA) is 114 Å². The molecule has 1 unspecified atom stereocenters. The van der Waals surface area contributed by atoms with Crippen LogP contribution in [0.1, 0.15) is 6.92 Å². The first-order valence-electron chi connectivity index (χ1n) is 5.82. The number of ether oxygens (including phenoxy) is 1. The maximum Gasteiger partial charge on any atom is 0.345 e. The molecule has 0 aliphatic carbocycles. The zero-order valence-corrected chi connectivity index (χ0v) is 12.0. The highest BCUT2D eigenvalue weighted by atomic mass is 32.1. The number of amides is 1. The van der Waals surface area contributed by atoms with Crippen molar-refractivity contribution in [1.29, 1.82) is 0 Å². The number of anilines is 1. The van der Waals surface area contributed by atoms with E-state index in [0.29, 0.717) is 10.7 Å². The number of carbonyl (C=O) groups excluding carboxylic acids is 1. The van der Waals surface area contributed by atoms with Gasteiger partial charge in [-0.2, -0.15) is 0 Å². The Morgan fingerprint density at radius 1 is 1.38 bits per heavy atom. The van der Waals surface area contributed by atoms with Gasteiger partial charge in [0.1, 0.15) is 5.69 Å². The maximum absolute atomic E-state index is 12.0. The van der Waals surface area contributed by atoms with E-state index in [9.17, 15) is 9.59 Å². The van der Waals surface area contributed by atoms with Gasteiger partial charge >= 0.3 is 5.97 Å². The lowest BCUT2D eigenvalue weighted by Gasteiger charge is -2.20. The number of hydrogen-bond acceptors (Lipinski definition) is 7. The number of aromatic nitrogens is 3. The normalized spacial score (nSPS) is 13.4. The van der Waals surface area contributed by atoms with Crippen molar-refractivity contribution in [3.63, 3.8) is 0 Å². The molecule has 0 radical (unpaired) electrons. The number of hydrogen-bond donors (Lipinski definition) is 2. The molecular formula is C12H12N4O4S. The zero-order chi connectivity index (χ0) is 15.5. The van der Waals surface area contributed by atoms with Gasteiger partial charge in [-0.25, -0.2) is 4.79 Å². The number of pyridine rings is 1. The van der Waals surface area contributed by atoms with Gasteiger partial charge in [0.2, 0.25) is 10.7 Å². The molecule has 1 amide bonds. The van der Waals surface area contributed by atoms with E-state index in [2.05, 4.69) is 20.5 Å². The lowest BCUT2D eigenvalue weighted by Crippen LogP contribution is -2.48. The van der Waals surface area contributed by atoms with E-state index in [1.807, 2.05) is 0 Å². The number of aliphatic carboxylic acids is 1. The van der Waals surface area contributed by atoms with Gasteiger partial charge in [-0.15, -0.1) is 10.2 Å². The highest BCUT2D eigenvalue weighted by molar-refractivity contribution is 7.18. The standard InChI is InChI=1S/C12H12N4O4S/c1-12(20-2,10(18)19)9(17)14-11-16-15-8(21-11)7-5-3-4-6-13-7/h3-6H,1-2H3,(H,18,19)(H,14,16,17). The molecule has 8 nitrogen and oxygen atoms in total. The summed E-state index contributed by atoms with van der Waals surface area (Å²) in [6.07, 6.45) is 1.61. The average Bonchev–Trinajstić information content (AvgIpc) is 2.95. The molecule has 0 aromatic carbocycles. The molecule has 1 atom stereocenters. The summed E-state index contributed by atoms with van der Waals surface area (Å²) >= 11 is 1.09. The van der Waals surface area contributed by atoms with Crippen molar-refractivity contribution in [2.45, 2.75) is 12.5 Å². The quantitative estimate of drug-likeness (QED) is 0.793. The van der Waals surface area contributed by atoms with Gasteiger partial charge < -0.3 is 9.84 Å². The molecule has 2 aromatic rings. The van der Waals surface area contributed by atoms with Crippen molar-refractivity contribution >= 4 is 28.3 Å². The molecule has 0 aliphatic heterocycles. The number of carbonyl (C=O) groups is 2. The molecule has 0 saturated carbocycles. The molecule has 21 heavy (non-hydrogen) atoms. The molecule has 9 heteroatoms. The van der Waals surface area contributed by atoms with E-state index in [1.165, 1.54) is 0 Å². The van der Waals surface area contributed by atoms with Crippen LogP contribution in [-0.2, 0) is 14.3 Å². The van der Waals surface area contributed by atoms with Crippen molar-refractivity contribution < 1.29 is 19.4 Å². The number of methoxy groups -OCH3 is 1. The third-order valence-electron chi connectivity index (χ3n) is 2.78. The van der Waals surface area contributed by atoms with Gasteiger partial charge in [0.15, 0.2) is 5.01 Å². The number of rotatable bonds is 5. The number of nitrogens with one attached hydrogen (secondary N) is 1. The van der Waals surface area contributed by atoms with Gasteiger partial charge in [0, 0.05) is 13.3 Å². The van der Waals surface area contributed by atoms with Crippen molar-refractivity contribution in [3.05, 3.63) is 24.4 Å². The third kappa shape index (κ3) is 3.03. The molecule has 2 aromatic heterocycles. The molecule has 0 bridgehead atoms. The Bertz CT molecular complexity index is 660. The molecular weight excluding hydrogens is 296 g/mol. The molecule has 0 spiro atoms. The highest BCUT2D eigenvalue weighted by Crippen LogP contribution is 2.25. The highest BCUT2D eigenvalue weighted by Gasteiger charge is 2.42. The number of carboxylic acid groups (broad SMARTS) is 1. The first-order chi connectivity index (χ1) is 9.97. The Morgan fingerprint density at radius 2 is 2.14 bits per heavy atom. The summed E-state index contributed by atoms with van der Waals surface area (Å²) in [7, 11) is 1.15. The van der Waals surface area contributed by atoms with E-state index in [1.54, 1.807) is 24.4 Å². The predicted octanol–water partition coefficient (Wildman–Crippen LogP) is 1.03. The number of nitrogens with zero attached hydrogens (tertiary/aromatic N) is 3. The molecule has 2 heterocycles. The molecule has 0 aliphatic rings. The fourth-order valence-electron chi connectivity index (χ4n) is 1.36. The second kappa shape index (κ2) is 5.94. The van der Waals surface area contributed by atoms with Crippen LogP contribution < -0.4 is 5.32 Å². The minimum atomic E-state index is -1.99. The van der Waals surface area contributed by atoms with Crippen LogP contribution in [0.3, 0.4) is 0 Å². The van der Waals surface area contributed by atoms with Crippen LogP contribution in [0.15, 0.2) is 24.4 Å². The Hall–Kier alpha value is -2.39. The summed E-state index contributed by atoms with van der Waals surface area (Å²) in [6.45, 7) is 1.16. The summed E-state index contributed by atoms with van der Waals surface area (Å²) in [5, 5.41) is 19.8. The monoisotopic (exact) mass is 308 g/mol. The Balaban J connectivity index is 2.17. The van der Waals surface area contributed by atoms with Crippen molar-refractivity contribution in [1.82, 2.24) is 15.2 Å². The van der Waals surface area contributed by atoms with E-state index in [-0.39, 0.29) is 5.13 Å². The van der Waals surface area contributed by atoms with E-state index >= 15 is 0 Å². The van der Waals surface area contributed by atoms with Gasteiger partial charge in [-0.05, 0) is 19.1 Å². The Morgan fingerprint density at radius 3 is 2.71 bits per heavy atom. The van der Waals surface area contributed by atoms with Crippen LogP contribution in [0.25, 0.3) is 10.7 Å². The summed E-state index contributed by atoms with van der Waals surface area (Å²) in [4.78, 5) is 27.2. The van der Waals surface area contributed by atoms with Gasteiger partial charge in [-0.3, -0.25) is 15.1 Å². The molecule has 0 saturated heterocycles. The fraction of sp³-hybridized carbons (Fsp3) is 0.250. The van der Waals surface area contributed by atoms with Crippen molar-refractivity contribution in [2.75, 3.05) is 12.4 Å². The molecule has 110 valence electrons. The SMILES string of the molecule is COC(C)(C(=O)O)C(=O)Nc1nnc(-c2ccccn2)s1. The average molecular weight is 308 g/mol. The lowest BCUT2D eigenvalue weighted by molar-refractivity contribution is -0.165. The Kier molecular flexibility index (Phi) is 4.24. The van der Waals surface area contributed by atoms with Crippen molar-refractivity contribution in [2.24, 2.45) is 0 Å². The van der Waals surface area contributed by atoms with Crippen molar-refractivity contribution in [3.8, 4) is 10.7 Å². The smallest absolute Gasteiger partial charge is 0.345 e. The second-order valence-corrected chi connectivity index (χ2v) is 5.10. The largest absolute Gasteiger partial charge is 0.479 e. The van der Waals surface area contributed by atoms with E-state index in [0.717, 1.165) is 25.4 Å². The summed E-state index contributed by atoms with van der Waals surface area (Å²) in [5.74, 6) is -2.22. The molecule has 0 fully saturated rings. The lowest BCUT2D eigenvalue weighted by atomic mass is 10.1. The number of carboxylic acids is 1. The second-order valence-electron chi connectivity index (χ2n) is 4.12. The van der Waals surface area contributed by atoms with E-state index < -0.39 is 17.5 Å². The molecule has 2 N–H and O–H groups in total. The minimum absolute atomic E-state index is 0.171. The van der Waals surface area contributed by atoms with Crippen LogP contribution in [0.2, 0.25) is 0 Å². The van der Waals surface area contributed by atoms with Crippen LogP contribution in [0.5, 0.6) is 0 Å². The van der Waals surface area contributed by atoms with Gasteiger partial charge in [0.05, 0.1) is 0 Å². The van der Waals surface area contributed by atoms with E-state index in [4.69, 9.17) is 9.84 Å². The van der Waals surface area contributed by atoms with Gasteiger partial charge in [0.25, 0.3) is 5.91 Å². The minimum Gasteiger partial charge on any atom is -0.479 e. The zero-order valence-electron chi connectivity index (χ0n) is 11.2. The fourth-order valence-corrected chi connectivity index (χ4v) is 2.08. The first-order valence-corrected chi connectivity index (χ1v) is 6.64. The third-order valence-corrected chi connectivity index (χ3v) is 3.64. The summed E-state index contributed by atoms with van der Waals surface area (Å²) in [5.41, 5.74) is -1.38. The van der Waals surface area contributed by atoms with Crippen LogP contribution in [0.4, 0.5) is 5.13 Å². The van der Waals surface area contributed by atoms with Crippen LogP contribution in [-0.4, -0.2) is 44.9 Å². The Labute approximate surface area is 123 Å². The van der Waals surface area contributed by atoms with Gasteiger partial charge in [-0.1, -0.05) is 17.4 Å². The van der Waals surface area contributed by atoms with Crippen LogP contribution >= 0.6 is 11.3 Å².